The Morgan fingerprint density at radius 3 is 2.63 bits per heavy atom. The van der Waals surface area contributed by atoms with Crippen molar-refractivity contribution in [2.75, 3.05) is 6.54 Å². The Labute approximate surface area is 175 Å². The van der Waals surface area contributed by atoms with E-state index in [9.17, 15) is 14.4 Å². The van der Waals surface area contributed by atoms with Gasteiger partial charge in [0, 0.05) is 12.6 Å². The van der Waals surface area contributed by atoms with Gasteiger partial charge in [0.25, 0.3) is 0 Å². The predicted octanol–water partition coefficient (Wildman–Crippen LogP) is 4.36. The van der Waals surface area contributed by atoms with Crippen molar-refractivity contribution in [3.05, 3.63) is 39.7 Å². The number of likely N-dealkylation sites (tertiary alicyclic amines) is 1. The molecule has 1 fully saturated rings. The second kappa shape index (κ2) is 8.50. The smallest absolute Gasteiger partial charge is 0.411 e. The summed E-state index contributed by atoms with van der Waals surface area (Å²) in [4.78, 5) is 38.9. The molecule has 2 heterocycles. The maximum absolute atomic E-state index is 13.0. The van der Waals surface area contributed by atoms with Gasteiger partial charge in [0.15, 0.2) is 0 Å². The van der Waals surface area contributed by atoms with E-state index in [0.717, 1.165) is 17.5 Å². The van der Waals surface area contributed by atoms with E-state index < -0.39 is 29.3 Å². The lowest BCUT2D eigenvalue weighted by Crippen LogP contribution is -2.44. The normalized spacial score (nSPS) is 16.7. The number of carbonyl (C=O) groups excluding carboxylic acids is 2. The van der Waals surface area contributed by atoms with Crippen LogP contribution in [0.5, 0.6) is 5.75 Å². The molecule has 0 saturated carbocycles. The molecule has 162 valence electrons. The predicted molar refractivity (Wildman–Crippen MR) is 113 cm³/mol. The van der Waals surface area contributed by atoms with Gasteiger partial charge in [0.05, 0.1) is 5.39 Å². The van der Waals surface area contributed by atoms with E-state index in [-0.39, 0.29) is 0 Å². The first-order valence-corrected chi connectivity index (χ1v) is 10.4. The van der Waals surface area contributed by atoms with Crippen LogP contribution in [-0.2, 0) is 16.0 Å². The van der Waals surface area contributed by atoms with E-state index in [1.54, 1.807) is 32.9 Å². The molecule has 1 amide bonds. The molecule has 0 radical (unpaired) electrons. The molecule has 1 aromatic carbocycles. The maximum Gasteiger partial charge on any atom is 0.411 e. The van der Waals surface area contributed by atoms with Crippen molar-refractivity contribution in [1.82, 2.24) is 4.90 Å². The number of ether oxygens (including phenoxy) is 2. The Morgan fingerprint density at radius 2 is 1.97 bits per heavy atom. The molecule has 7 heteroatoms. The molecular weight excluding hydrogens is 386 g/mol. The van der Waals surface area contributed by atoms with Crippen LogP contribution in [0.15, 0.2) is 27.4 Å². The average Bonchev–Trinajstić information content (AvgIpc) is 3.09. The number of hydrogen-bond donors (Lipinski definition) is 0. The summed E-state index contributed by atoms with van der Waals surface area (Å²) in [6, 6.07) is 4.25. The number of nitrogens with zero attached hydrogens (tertiary/aromatic N) is 1. The Hall–Kier alpha value is -2.83. The summed E-state index contributed by atoms with van der Waals surface area (Å²) in [5.74, 6) is -0.169. The summed E-state index contributed by atoms with van der Waals surface area (Å²) in [5.41, 5.74) is 0.900. The van der Waals surface area contributed by atoms with Crippen LogP contribution < -0.4 is 10.4 Å². The molecule has 0 spiro atoms. The monoisotopic (exact) mass is 415 g/mol. The number of carbonyl (C=O) groups is 2. The van der Waals surface area contributed by atoms with E-state index in [2.05, 4.69) is 0 Å². The van der Waals surface area contributed by atoms with Crippen LogP contribution in [0, 0.1) is 6.92 Å². The molecule has 7 nitrogen and oxygen atoms in total. The van der Waals surface area contributed by atoms with Gasteiger partial charge in [-0.2, -0.15) is 0 Å². The number of hydrogen-bond acceptors (Lipinski definition) is 6. The Kier molecular flexibility index (Phi) is 6.19. The number of esters is 1. The SMILES string of the molecule is CCCc1cc(=O)oc2cc(C)cc(OC(=O)C3CCCN3C(=O)OC(C)(C)C)c12. The molecule has 0 N–H and O–H groups in total. The van der Waals surface area contributed by atoms with Crippen molar-refractivity contribution in [3.63, 3.8) is 0 Å². The fourth-order valence-corrected chi connectivity index (χ4v) is 3.74. The van der Waals surface area contributed by atoms with Crippen LogP contribution in [0.3, 0.4) is 0 Å². The first kappa shape index (κ1) is 21.9. The lowest BCUT2D eigenvalue weighted by Gasteiger charge is -2.27. The summed E-state index contributed by atoms with van der Waals surface area (Å²) in [6.07, 6.45) is 2.18. The van der Waals surface area contributed by atoms with Crippen molar-refractivity contribution in [2.45, 2.75) is 71.9 Å². The molecule has 1 aliphatic heterocycles. The first-order chi connectivity index (χ1) is 14.1. The summed E-state index contributed by atoms with van der Waals surface area (Å²) < 4.78 is 16.6. The number of fused-ring (bicyclic) bond motifs is 1. The minimum Gasteiger partial charge on any atom is -0.444 e. The Morgan fingerprint density at radius 1 is 1.23 bits per heavy atom. The highest BCUT2D eigenvalue weighted by Gasteiger charge is 2.38. The van der Waals surface area contributed by atoms with Gasteiger partial charge in [0.1, 0.15) is 23.0 Å². The van der Waals surface area contributed by atoms with E-state index in [0.29, 0.717) is 42.5 Å². The van der Waals surface area contributed by atoms with E-state index in [4.69, 9.17) is 13.9 Å². The summed E-state index contributed by atoms with van der Waals surface area (Å²) in [5, 5.41) is 0.622. The van der Waals surface area contributed by atoms with Gasteiger partial charge < -0.3 is 13.9 Å². The highest BCUT2D eigenvalue weighted by molar-refractivity contribution is 5.91. The van der Waals surface area contributed by atoms with Gasteiger partial charge in [-0.3, -0.25) is 4.90 Å². The molecule has 30 heavy (non-hydrogen) atoms. The fourth-order valence-electron chi connectivity index (χ4n) is 3.74. The molecule has 3 rings (SSSR count). The number of amides is 1. The maximum atomic E-state index is 13.0. The lowest BCUT2D eigenvalue weighted by molar-refractivity contribution is -0.139. The van der Waals surface area contributed by atoms with Gasteiger partial charge in [-0.25, -0.2) is 14.4 Å². The lowest BCUT2D eigenvalue weighted by atomic mass is 10.0. The van der Waals surface area contributed by atoms with Crippen LogP contribution in [0.4, 0.5) is 4.79 Å². The molecule has 0 bridgehead atoms. The van der Waals surface area contributed by atoms with Crippen molar-refractivity contribution < 1.29 is 23.5 Å². The van der Waals surface area contributed by atoms with Crippen molar-refractivity contribution in [1.29, 1.82) is 0 Å². The van der Waals surface area contributed by atoms with Crippen molar-refractivity contribution in [2.24, 2.45) is 0 Å². The second-order valence-electron chi connectivity index (χ2n) is 8.73. The fraction of sp³-hybridized carbons (Fsp3) is 0.522. The molecule has 2 aromatic rings. The molecule has 0 aliphatic carbocycles. The highest BCUT2D eigenvalue weighted by atomic mass is 16.6. The van der Waals surface area contributed by atoms with Gasteiger partial charge in [-0.05, 0) is 70.2 Å². The topological polar surface area (TPSA) is 86.0 Å². The van der Waals surface area contributed by atoms with E-state index >= 15 is 0 Å². The third-order valence-corrected chi connectivity index (χ3v) is 4.92. The summed E-state index contributed by atoms with van der Waals surface area (Å²) in [6.45, 7) is 9.66. The van der Waals surface area contributed by atoms with Gasteiger partial charge in [0.2, 0.25) is 0 Å². The van der Waals surface area contributed by atoms with Gasteiger partial charge in [-0.15, -0.1) is 0 Å². The van der Waals surface area contributed by atoms with Crippen LogP contribution >= 0.6 is 0 Å². The average molecular weight is 415 g/mol. The molecule has 1 atom stereocenters. The van der Waals surface area contributed by atoms with Gasteiger partial charge in [-0.1, -0.05) is 13.3 Å². The second-order valence-corrected chi connectivity index (χ2v) is 8.73. The van der Waals surface area contributed by atoms with Crippen molar-refractivity contribution in [3.8, 4) is 5.75 Å². The molecule has 1 aliphatic rings. The van der Waals surface area contributed by atoms with E-state index in [1.165, 1.54) is 11.0 Å². The third kappa shape index (κ3) is 4.83. The van der Waals surface area contributed by atoms with Crippen molar-refractivity contribution >= 4 is 23.0 Å². The zero-order valence-electron chi connectivity index (χ0n) is 18.2. The highest BCUT2D eigenvalue weighted by Crippen LogP contribution is 2.32. The minimum absolute atomic E-state index is 0.346. The standard InChI is InChI=1S/C23H29NO6/c1-6-8-15-13-19(25)28-17-11-14(2)12-18(20(15)17)29-21(26)16-9-7-10-24(16)22(27)30-23(3,4)5/h11-13,16H,6-10H2,1-5H3. The zero-order chi connectivity index (χ0) is 22.1. The number of aryl methyl sites for hydroxylation is 2. The van der Waals surface area contributed by atoms with Crippen LogP contribution in [0.2, 0.25) is 0 Å². The largest absolute Gasteiger partial charge is 0.444 e. The Balaban J connectivity index is 1.92. The quantitative estimate of drug-likeness (QED) is 0.419. The molecule has 1 aromatic heterocycles. The van der Waals surface area contributed by atoms with E-state index in [1.807, 2.05) is 13.8 Å². The number of rotatable bonds is 4. The number of benzene rings is 1. The zero-order valence-corrected chi connectivity index (χ0v) is 18.2. The van der Waals surface area contributed by atoms with Crippen LogP contribution in [0.25, 0.3) is 11.0 Å². The summed E-state index contributed by atoms with van der Waals surface area (Å²) in [7, 11) is 0. The van der Waals surface area contributed by atoms with Crippen LogP contribution in [-0.4, -0.2) is 35.2 Å². The Bertz CT molecular complexity index is 1020. The molecule has 1 saturated heterocycles. The minimum atomic E-state index is -0.708. The summed E-state index contributed by atoms with van der Waals surface area (Å²) >= 11 is 0. The third-order valence-electron chi connectivity index (χ3n) is 4.92. The molecule has 1 unspecified atom stereocenters. The first-order valence-electron chi connectivity index (χ1n) is 10.4. The van der Waals surface area contributed by atoms with Crippen LogP contribution in [0.1, 0.15) is 58.1 Å². The molecular formula is C23H29NO6. The van der Waals surface area contributed by atoms with Gasteiger partial charge >= 0.3 is 17.7 Å².